The lowest BCUT2D eigenvalue weighted by Crippen LogP contribution is -2.22. The predicted molar refractivity (Wildman–Crippen MR) is 96.1 cm³/mol. The third-order valence-electron chi connectivity index (χ3n) is 4.31. The molecular weight excluding hydrogens is 361 g/mol. The molecule has 0 aliphatic heterocycles. The maximum Gasteiger partial charge on any atom is 0.416 e. The number of rotatable bonds is 7. The van der Waals surface area contributed by atoms with Gasteiger partial charge in [0.1, 0.15) is 5.82 Å². The Morgan fingerprint density at radius 3 is 2.50 bits per heavy atom. The fraction of sp³-hybridized carbons (Fsp3) is 0.444. The molecular formula is C18H21F3N4S. The maximum atomic E-state index is 12.6. The molecule has 0 spiro atoms. The van der Waals surface area contributed by atoms with Crippen LogP contribution in [0.5, 0.6) is 0 Å². The summed E-state index contributed by atoms with van der Waals surface area (Å²) in [7, 11) is 1.89. The molecule has 1 heterocycles. The first-order valence-corrected chi connectivity index (χ1v) is 8.83. The summed E-state index contributed by atoms with van der Waals surface area (Å²) < 4.78 is 42.4. The Morgan fingerprint density at radius 1 is 1.31 bits per heavy atom. The Kier molecular flexibility index (Phi) is 5.34. The number of allylic oxidation sites excluding steroid dienone is 1. The van der Waals surface area contributed by atoms with Crippen LogP contribution in [0.2, 0.25) is 0 Å². The molecule has 0 saturated heterocycles. The summed E-state index contributed by atoms with van der Waals surface area (Å²) >= 11 is 5.53. The van der Waals surface area contributed by atoms with Gasteiger partial charge in [0.2, 0.25) is 0 Å². The second-order valence-corrected chi connectivity index (χ2v) is 7.03. The van der Waals surface area contributed by atoms with Crippen LogP contribution < -0.4 is 0 Å². The van der Waals surface area contributed by atoms with Crippen LogP contribution >= 0.6 is 12.2 Å². The zero-order chi connectivity index (χ0) is 18.9. The lowest BCUT2D eigenvalue weighted by molar-refractivity contribution is -0.137. The highest BCUT2D eigenvalue weighted by Gasteiger charge is 2.30. The summed E-state index contributed by atoms with van der Waals surface area (Å²) in [6.45, 7) is 5.39. The molecule has 1 aromatic carbocycles. The number of hydrogen-bond acceptors (Lipinski definition) is 3. The average molecular weight is 382 g/mol. The van der Waals surface area contributed by atoms with Gasteiger partial charge in [0, 0.05) is 19.0 Å². The van der Waals surface area contributed by atoms with E-state index in [2.05, 4.69) is 11.7 Å². The topological polar surface area (TPSA) is 26.0 Å². The van der Waals surface area contributed by atoms with Gasteiger partial charge in [-0.15, -0.1) is 6.58 Å². The van der Waals surface area contributed by atoms with Crippen molar-refractivity contribution in [3.8, 4) is 0 Å². The van der Waals surface area contributed by atoms with Crippen molar-refractivity contribution < 1.29 is 13.2 Å². The molecule has 0 atom stereocenters. The molecule has 8 heteroatoms. The molecule has 1 aliphatic carbocycles. The van der Waals surface area contributed by atoms with Gasteiger partial charge in [-0.05, 0) is 49.8 Å². The fourth-order valence-corrected chi connectivity index (χ4v) is 3.15. The van der Waals surface area contributed by atoms with Gasteiger partial charge in [-0.2, -0.15) is 18.3 Å². The molecule has 0 amide bonds. The highest BCUT2D eigenvalue weighted by atomic mass is 32.1. The maximum absolute atomic E-state index is 12.6. The quantitative estimate of drug-likeness (QED) is 0.518. The molecule has 140 valence electrons. The lowest BCUT2D eigenvalue weighted by Gasteiger charge is -2.17. The number of halogens is 3. The first-order valence-electron chi connectivity index (χ1n) is 8.42. The van der Waals surface area contributed by atoms with Crippen LogP contribution in [0.4, 0.5) is 13.2 Å². The minimum atomic E-state index is -4.31. The molecule has 26 heavy (non-hydrogen) atoms. The van der Waals surface area contributed by atoms with E-state index in [1.54, 1.807) is 10.8 Å². The van der Waals surface area contributed by atoms with E-state index in [9.17, 15) is 13.2 Å². The van der Waals surface area contributed by atoms with E-state index < -0.39 is 11.7 Å². The van der Waals surface area contributed by atoms with Crippen molar-refractivity contribution in [1.29, 1.82) is 0 Å². The van der Waals surface area contributed by atoms with E-state index in [1.165, 1.54) is 12.1 Å². The van der Waals surface area contributed by atoms with Crippen molar-refractivity contribution >= 4 is 12.2 Å². The van der Waals surface area contributed by atoms with Crippen LogP contribution in [0.3, 0.4) is 0 Å². The molecule has 0 N–H and O–H groups in total. The minimum absolute atomic E-state index is 0.470. The molecule has 1 saturated carbocycles. The van der Waals surface area contributed by atoms with Crippen molar-refractivity contribution in [2.24, 2.45) is 0 Å². The molecule has 0 bridgehead atoms. The molecule has 1 aromatic heterocycles. The third kappa shape index (κ3) is 4.24. The number of benzene rings is 1. The third-order valence-corrected chi connectivity index (χ3v) is 4.75. The molecule has 3 rings (SSSR count). The van der Waals surface area contributed by atoms with Gasteiger partial charge >= 0.3 is 6.18 Å². The van der Waals surface area contributed by atoms with Gasteiger partial charge in [-0.3, -0.25) is 9.47 Å². The van der Waals surface area contributed by atoms with E-state index in [4.69, 9.17) is 12.2 Å². The van der Waals surface area contributed by atoms with E-state index in [0.29, 0.717) is 30.4 Å². The van der Waals surface area contributed by atoms with E-state index in [1.807, 2.05) is 16.5 Å². The molecule has 0 radical (unpaired) electrons. The largest absolute Gasteiger partial charge is 0.416 e. The number of hydrogen-bond donors (Lipinski definition) is 0. The van der Waals surface area contributed by atoms with Gasteiger partial charge in [0.05, 0.1) is 12.2 Å². The molecule has 1 fully saturated rings. The lowest BCUT2D eigenvalue weighted by atomic mass is 10.1. The molecule has 0 unspecified atom stereocenters. The van der Waals surface area contributed by atoms with Crippen LogP contribution in [0.1, 0.15) is 35.7 Å². The van der Waals surface area contributed by atoms with Gasteiger partial charge < -0.3 is 0 Å². The van der Waals surface area contributed by atoms with Crippen LogP contribution in [0.15, 0.2) is 36.9 Å². The van der Waals surface area contributed by atoms with Gasteiger partial charge in [0.15, 0.2) is 4.77 Å². The van der Waals surface area contributed by atoms with Crippen molar-refractivity contribution in [3.63, 3.8) is 0 Å². The second-order valence-electron chi connectivity index (χ2n) is 6.66. The van der Waals surface area contributed by atoms with Crippen molar-refractivity contribution in [3.05, 3.63) is 58.6 Å². The molecule has 4 nitrogen and oxygen atoms in total. The van der Waals surface area contributed by atoms with Crippen molar-refractivity contribution in [2.45, 2.75) is 44.7 Å². The van der Waals surface area contributed by atoms with Crippen LogP contribution in [0.25, 0.3) is 0 Å². The zero-order valence-electron chi connectivity index (χ0n) is 14.5. The number of alkyl halides is 3. The Morgan fingerprint density at radius 2 is 1.96 bits per heavy atom. The molecule has 1 aliphatic rings. The van der Waals surface area contributed by atoms with Crippen molar-refractivity contribution in [1.82, 2.24) is 19.2 Å². The number of aromatic nitrogens is 3. The fourth-order valence-electron chi connectivity index (χ4n) is 2.88. The SMILES string of the molecule is C=CCn1c(C2CC2)nn(CN(C)Cc2ccc(C(F)(F)F)cc2)c1=S. The Balaban J connectivity index is 1.70. The Bertz CT molecular complexity index is 832. The Hall–Kier alpha value is -1.93. The first kappa shape index (κ1) is 18.8. The van der Waals surface area contributed by atoms with E-state index in [0.717, 1.165) is 36.4 Å². The summed E-state index contributed by atoms with van der Waals surface area (Å²) in [6, 6.07) is 5.23. The zero-order valence-corrected chi connectivity index (χ0v) is 15.4. The monoisotopic (exact) mass is 382 g/mol. The summed E-state index contributed by atoms with van der Waals surface area (Å²) in [5.41, 5.74) is 0.170. The summed E-state index contributed by atoms with van der Waals surface area (Å²) in [4.78, 5) is 1.97. The second kappa shape index (κ2) is 7.36. The summed E-state index contributed by atoms with van der Waals surface area (Å²) in [5, 5.41) is 4.66. The van der Waals surface area contributed by atoms with Crippen molar-refractivity contribution in [2.75, 3.05) is 7.05 Å². The highest BCUT2D eigenvalue weighted by molar-refractivity contribution is 7.71. The summed E-state index contributed by atoms with van der Waals surface area (Å²) in [5.74, 6) is 1.47. The summed E-state index contributed by atoms with van der Waals surface area (Å²) in [6.07, 6.45) is -0.247. The average Bonchev–Trinajstić information content (AvgIpc) is 3.36. The smallest absolute Gasteiger partial charge is 0.300 e. The van der Waals surface area contributed by atoms with Gasteiger partial charge in [0.25, 0.3) is 0 Å². The number of nitrogens with zero attached hydrogens (tertiary/aromatic N) is 4. The predicted octanol–water partition coefficient (Wildman–Crippen LogP) is 4.59. The minimum Gasteiger partial charge on any atom is -0.300 e. The van der Waals surface area contributed by atoms with Gasteiger partial charge in [-0.25, -0.2) is 4.68 Å². The van der Waals surface area contributed by atoms with E-state index >= 15 is 0 Å². The van der Waals surface area contributed by atoms with Crippen LogP contribution in [-0.4, -0.2) is 26.3 Å². The van der Waals surface area contributed by atoms with Crippen LogP contribution in [-0.2, 0) is 25.9 Å². The van der Waals surface area contributed by atoms with E-state index in [-0.39, 0.29) is 0 Å². The van der Waals surface area contributed by atoms with Gasteiger partial charge in [-0.1, -0.05) is 18.2 Å². The first-order chi connectivity index (χ1) is 12.3. The normalized spacial score (nSPS) is 14.8. The molecule has 2 aromatic rings. The Labute approximate surface area is 155 Å². The highest BCUT2D eigenvalue weighted by Crippen LogP contribution is 2.39. The van der Waals surface area contributed by atoms with Crippen LogP contribution in [0, 0.1) is 4.77 Å². The standard InChI is InChI=1S/C18H21F3N4S/c1-3-10-24-16(14-6-7-14)22-25(17(24)26)12-23(2)11-13-4-8-15(9-5-13)18(19,20)21/h3-5,8-9,14H,1,6-7,10-12H2,2H3.